The molecule has 0 aliphatic rings. The molecule has 0 N–H and O–H groups in total. The summed E-state index contributed by atoms with van der Waals surface area (Å²) in [4.78, 5) is 0. The summed E-state index contributed by atoms with van der Waals surface area (Å²) in [5, 5.41) is 8.59. The number of hydrogen-bond donors (Lipinski definition) is 0. The van der Waals surface area contributed by atoms with Gasteiger partial charge in [-0.2, -0.15) is 0 Å². The zero-order chi connectivity index (χ0) is 19.9. The molecule has 148 valence electrons. The van der Waals surface area contributed by atoms with Crippen molar-refractivity contribution in [2.75, 3.05) is 21.3 Å². The lowest BCUT2D eigenvalue weighted by Gasteiger charge is -2.11. The average Bonchev–Trinajstić information content (AvgIpc) is 3.19. The van der Waals surface area contributed by atoms with E-state index in [2.05, 4.69) is 38.3 Å². The highest BCUT2D eigenvalue weighted by Crippen LogP contribution is 2.37. The van der Waals surface area contributed by atoms with Crippen LogP contribution in [0.2, 0.25) is 0 Å². The fourth-order valence-corrected chi connectivity index (χ4v) is 5.94. The van der Waals surface area contributed by atoms with Gasteiger partial charge in [-0.15, -0.1) is 10.2 Å². The minimum absolute atomic E-state index is 0.705. The number of methoxy groups -OCH3 is 3. The summed E-state index contributed by atoms with van der Waals surface area (Å²) in [5.74, 6) is 3.90. The molecule has 2 aromatic carbocycles. The van der Waals surface area contributed by atoms with Crippen molar-refractivity contribution >= 4 is 50.8 Å². The molecule has 5 nitrogen and oxygen atoms in total. The number of aromatic nitrogens is 2. The molecular formula is C19H19BrN2O3S3. The third kappa shape index (κ3) is 5.56. The quantitative estimate of drug-likeness (QED) is 0.339. The first kappa shape index (κ1) is 21.3. The second-order valence-electron chi connectivity index (χ2n) is 5.56. The molecule has 3 aromatic rings. The summed E-state index contributed by atoms with van der Waals surface area (Å²) in [7, 11) is 4.94. The molecule has 0 radical (unpaired) electrons. The predicted octanol–water partition coefficient (Wildman–Crippen LogP) is 5.91. The molecule has 9 heteroatoms. The summed E-state index contributed by atoms with van der Waals surface area (Å²) >= 11 is 8.55. The summed E-state index contributed by atoms with van der Waals surface area (Å²) in [5.41, 5.74) is 2.34. The molecule has 0 atom stereocenters. The van der Waals surface area contributed by atoms with E-state index in [-0.39, 0.29) is 0 Å². The van der Waals surface area contributed by atoms with Crippen molar-refractivity contribution in [1.29, 1.82) is 0 Å². The first-order valence-electron chi connectivity index (χ1n) is 8.25. The summed E-state index contributed by atoms with van der Waals surface area (Å²) in [6.07, 6.45) is 0. The van der Waals surface area contributed by atoms with Crippen LogP contribution in [-0.2, 0) is 11.5 Å². The van der Waals surface area contributed by atoms with Gasteiger partial charge in [0.1, 0.15) is 5.75 Å². The van der Waals surface area contributed by atoms with E-state index in [1.165, 1.54) is 5.56 Å². The first-order valence-corrected chi connectivity index (χ1v) is 11.8. The molecule has 1 aromatic heterocycles. The zero-order valence-electron chi connectivity index (χ0n) is 15.6. The van der Waals surface area contributed by atoms with Gasteiger partial charge in [0.15, 0.2) is 20.2 Å². The fourth-order valence-electron chi connectivity index (χ4n) is 2.33. The number of ether oxygens (including phenoxy) is 3. The second kappa shape index (κ2) is 10.4. The van der Waals surface area contributed by atoms with E-state index in [9.17, 15) is 0 Å². The smallest absolute Gasteiger partial charge is 0.175 e. The molecule has 0 bridgehead atoms. The Bertz CT molecular complexity index is 919. The van der Waals surface area contributed by atoms with Gasteiger partial charge in [-0.3, -0.25) is 0 Å². The molecular weight excluding hydrogens is 480 g/mol. The molecule has 3 rings (SSSR count). The lowest BCUT2D eigenvalue weighted by molar-refractivity contribution is 0.354. The fraction of sp³-hybridized carbons (Fsp3) is 0.263. The Morgan fingerprint density at radius 1 is 0.857 bits per heavy atom. The highest BCUT2D eigenvalue weighted by atomic mass is 79.9. The highest BCUT2D eigenvalue weighted by Gasteiger charge is 2.12. The maximum atomic E-state index is 5.38. The van der Waals surface area contributed by atoms with Gasteiger partial charge < -0.3 is 14.2 Å². The van der Waals surface area contributed by atoms with Crippen molar-refractivity contribution in [1.82, 2.24) is 10.2 Å². The van der Waals surface area contributed by atoms with Crippen molar-refractivity contribution in [3.05, 3.63) is 52.0 Å². The topological polar surface area (TPSA) is 53.5 Å². The van der Waals surface area contributed by atoms with Gasteiger partial charge in [-0.25, -0.2) is 0 Å². The van der Waals surface area contributed by atoms with Crippen LogP contribution < -0.4 is 14.2 Å². The van der Waals surface area contributed by atoms with Gasteiger partial charge >= 0.3 is 0 Å². The van der Waals surface area contributed by atoms with Crippen LogP contribution in [0.25, 0.3) is 0 Å². The van der Waals surface area contributed by atoms with Crippen LogP contribution in [-0.4, -0.2) is 31.5 Å². The maximum Gasteiger partial charge on any atom is 0.175 e. The molecule has 0 saturated carbocycles. The van der Waals surface area contributed by atoms with E-state index in [0.717, 1.165) is 36.0 Å². The number of nitrogens with zero attached hydrogens (tertiary/aromatic N) is 2. The minimum atomic E-state index is 0.705. The van der Waals surface area contributed by atoms with Gasteiger partial charge in [0.05, 0.1) is 21.3 Å². The second-order valence-corrected chi connectivity index (χ2v) is 9.83. The van der Waals surface area contributed by atoms with Crippen LogP contribution in [0.15, 0.2) is 49.6 Å². The van der Waals surface area contributed by atoms with Gasteiger partial charge in [0.25, 0.3) is 0 Å². The lowest BCUT2D eigenvalue weighted by Crippen LogP contribution is -1.93. The molecule has 0 spiro atoms. The largest absolute Gasteiger partial charge is 0.497 e. The van der Waals surface area contributed by atoms with Crippen LogP contribution in [0, 0.1) is 0 Å². The summed E-state index contributed by atoms with van der Waals surface area (Å²) in [6.45, 7) is 0. The Hall–Kier alpha value is -1.42. The maximum absolute atomic E-state index is 5.38. The monoisotopic (exact) mass is 498 g/mol. The number of halogens is 1. The first-order chi connectivity index (χ1) is 13.6. The Kier molecular flexibility index (Phi) is 7.90. The van der Waals surface area contributed by atoms with Crippen molar-refractivity contribution in [3.63, 3.8) is 0 Å². The predicted molar refractivity (Wildman–Crippen MR) is 119 cm³/mol. The van der Waals surface area contributed by atoms with E-state index in [1.54, 1.807) is 56.2 Å². The SMILES string of the molecule is COc1ccc(CSc2nnc(SCc3cc(OC)c(OC)cc3Br)s2)cc1. The average molecular weight is 499 g/mol. The van der Waals surface area contributed by atoms with E-state index in [0.29, 0.717) is 11.5 Å². The number of rotatable bonds is 9. The Morgan fingerprint density at radius 2 is 1.46 bits per heavy atom. The standard InChI is InChI=1S/C19H19BrN2O3S3/c1-23-14-6-4-12(5-7-14)10-26-18-21-22-19(28-18)27-11-13-8-16(24-2)17(25-3)9-15(13)20/h4-9H,10-11H2,1-3H3. The van der Waals surface area contributed by atoms with Crippen molar-refractivity contribution in [3.8, 4) is 17.2 Å². The van der Waals surface area contributed by atoms with E-state index in [4.69, 9.17) is 14.2 Å². The normalized spacial score (nSPS) is 10.7. The zero-order valence-corrected chi connectivity index (χ0v) is 19.6. The minimum Gasteiger partial charge on any atom is -0.497 e. The van der Waals surface area contributed by atoms with E-state index < -0.39 is 0 Å². The van der Waals surface area contributed by atoms with Crippen LogP contribution in [0.4, 0.5) is 0 Å². The van der Waals surface area contributed by atoms with Gasteiger partial charge in [0, 0.05) is 16.0 Å². The molecule has 0 unspecified atom stereocenters. The molecule has 0 aliphatic carbocycles. The molecule has 0 saturated heterocycles. The van der Waals surface area contributed by atoms with Crippen LogP contribution in [0.3, 0.4) is 0 Å². The third-order valence-corrected chi connectivity index (χ3v) is 7.86. The Balaban J connectivity index is 1.57. The van der Waals surface area contributed by atoms with Crippen LogP contribution in [0.1, 0.15) is 11.1 Å². The highest BCUT2D eigenvalue weighted by molar-refractivity contribution is 9.10. The summed E-state index contributed by atoms with van der Waals surface area (Å²) in [6, 6.07) is 12.0. The van der Waals surface area contributed by atoms with Gasteiger partial charge in [-0.05, 0) is 35.4 Å². The lowest BCUT2D eigenvalue weighted by atomic mass is 10.2. The van der Waals surface area contributed by atoms with E-state index in [1.807, 2.05) is 24.3 Å². The summed E-state index contributed by atoms with van der Waals surface area (Å²) < 4.78 is 18.8. The van der Waals surface area contributed by atoms with Crippen LogP contribution in [0.5, 0.6) is 17.2 Å². The molecule has 0 aliphatic heterocycles. The Morgan fingerprint density at radius 3 is 2.07 bits per heavy atom. The van der Waals surface area contributed by atoms with Gasteiger partial charge in [-0.1, -0.05) is 62.9 Å². The van der Waals surface area contributed by atoms with Crippen molar-refractivity contribution in [2.45, 2.75) is 20.2 Å². The van der Waals surface area contributed by atoms with Crippen molar-refractivity contribution < 1.29 is 14.2 Å². The molecule has 1 heterocycles. The number of hydrogen-bond acceptors (Lipinski definition) is 8. The Labute approximate surface area is 185 Å². The molecule has 28 heavy (non-hydrogen) atoms. The third-order valence-electron chi connectivity index (χ3n) is 3.81. The van der Waals surface area contributed by atoms with Crippen LogP contribution >= 0.6 is 50.8 Å². The van der Waals surface area contributed by atoms with Gasteiger partial charge in [0.2, 0.25) is 0 Å². The van der Waals surface area contributed by atoms with Crippen molar-refractivity contribution in [2.24, 2.45) is 0 Å². The van der Waals surface area contributed by atoms with E-state index >= 15 is 0 Å². The molecule has 0 amide bonds. The number of thioether (sulfide) groups is 2. The molecule has 0 fully saturated rings. The number of benzene rings is 2.